The fourth-order valence-corrected chi connectivity index (χ4v) is 24.1. The first-order chi connectivity index (χ1) is 72.9. The van der Waals surface area contributed by atoms with E-state index in [9.17, 15) is 0 Å². The third-order valence-electron chi connectivity index (χ3n) is 30.8. The summed E-state index contributed by atoms with van der Waals surface area (Å²) in [7, 11) is 0. The van der Waals surface area contributed by atoms with Gasteiger partial charge in [-0.3, -0.25) is 0 Å². The highest BCUT2D eigenvalue weighted by Crippen LogP contribution is 2.49. The van der Waals surface area contributed by atoms with Crippen LogP contribution in [0.15, 0.2) is 523 Å². The van der Waals surface area contributed by atoms with E-state index >= 15 is 0 Å². The Kier molecular flexibility index (Phi) is 18.1. The van der Waals surface area contributed by atoms with Gasteiger partial charge in [-0.1, -0.05) is 291 Å². The molecule has 0 N–H and O–H groups in total. The van der Waals surface area contributed by atoms with Crippen LogP contribution in [0.3, 0.4) is 0 Å². The molecule has 0 spiro atoms. The quantitative estimate of drug-likeness (QED) is 0.145. The number of hydrogen-bond donors (Lipinski definition) is 0. The van der Waals surface area contributed by atoms with E-state index in [-0.39, 0.29) is 0 Å². The monoisotopic (exact) mass is 1870 g/mol. The smallest absolute Gasteiger partial charge is 0.137 e. The Morgan fingerprint density at radius 1 is 0.109 bits per heavy atom. The summed E-state index contributed by atoms with van der Waals surface area (Å²) in [6.45, 7) is 0. The lowest BCUT2D eigenvalue weighted by Crippen LogP contribution is -1.94. The van der Waals surface area contributed by atoms with Gasteiger partial charge in [-0.2, -0.15) is 0 Å². The molecule has 33 aromatic rings. The Morgan fingerprint density at radius 2 is 0.374 bits per heavy atom. The van der Waals surface area contributed by atoms with Gasteiger partial charge in [0.2, 0.25) is 0 Å². The molecule has 147 heavy (non-hydrogen) atoms. The number of para-hydroxylation sites is 9. The summed E-state index contributed by atoms with van der Waals surface area (Å²) in [5.74, 6) is 0. The summed E-state index contributed by atoms with van der Waals surface area (Å²) in [5, 5.41) is 29.1. The molecule has 9 heterocycles. The average molecular weight is 1870 g/mol. The summed E-state index contributed by atoms with van der Waals surface area (Å²) in [6, 6.07) is 184. The zero-order chi connectivity index (χ0) is 96.2. The van der Waals surface area contributed by atoms with Crippen LogP contribution in [0.2, 0.25) is 0 Å². The predicted octanol–water partition coefficient (Wildman–Crippen LogP) is 37.8. The lowest BCUT2D eigenvalue weighted by molar-refractivity contribution is 0.669. The summed E-state index contributed by atoms with van der Waals surface area (Å²) in [5.41, 5.74) is 33.8. The van der Waals surface area contributed by atoms with Gasteiger partial charge >= 0.3 is 0 Å². The number of nitrogens with zero attached hydrogens (tertiary/aromatic N) is 6. The first-order valence-corrected chi connectivity index (χ1v) is 50.3. The number of rotatable bonds is 9. The Hall–Kier alpha value is -19.7. The fraction of sp³-hybridized carbons (Fsp3) is 0. The van der Waals surface area contributed by atoms with Gasteiger partial charge in [-0.15, -0.1) is 0 Å². The van der Waals surface area contributed by atoms with Gasteiger partial charge in [0.25, 0.3) is 0 Å². The first-order valence-electron chi connectivity index (χ1n) is 50.3. The highest BCUT2D eigenvalue weighted by Gasteiger charge is 2.26. The van der Waals surface area contributed by atoms with Crippen molar-refractivity contribution in [3.05, 3.63) is 510 Å². The van der Waals surface area contributed by atoms with Gasteiger partial charge < -0.3 is 40.7 Å². The molecule has 0 atom stereocenters. The van der Waals surface area contributed by atoms with E-state index in [2.05, 4.69) is 519 Å². The summed E-state index contributed by atoms with van der Waals surface area (Å²) in [4.78, 5) is 0. The van der Waals surface area contributed by atoms with Crippen LogP contribution in [0, 0.1) is 0 Å². The lowest BCUT2D eigenvalue weighted by Gasteiger charge is -2.10. The molecule has 0 saturated heterocycles. The van der Waals surface area contributed by atoms with Gasteiger partial charge in [0, 0.05) is 137 Å². The van der Waals surface area contributed by atoms with E-state index in [1.807, 2.05) is 18.2 Å². The number of fused-ring (bicyclic) bond motifs is 31. The number of benzene rings is 24. The molecule has 9 heteroatoms. The Morgan fingerprint density at radius 3 is 0.782 bits per heavy atom. The summed E-state index contributed by atoms with van der Waals surface area (Å²) < 4.78 is 33.4. The van der Waals surface area contributed by atoms with Crippen LogP contribution < -0.4 is 0 Å². The van der Waals surface area contributed by atoms with E-state index in [4.69, 9.17) is 13.3 Å². The SMILES string of the molecule is c1ccc(-n2c3ccc(-c4ccc5c(c4)c4ccccc4n5-c4ccc5ccccc5c4)cc3c3c4c(ccc32)oc2ccccc24)cc1.c1ccc(-n2c3ccc(-c4ccc5c(c4)c4ccccc4n5-c4ccc5ccccc5c4)cc3c3cc4c(cc32)oc2ccccc24)cc1.c1ccc(-n2c3ccc(-c4ccc5c(c4)c4ccccc4n5-c4ccc5ccccc5c4)cc3c3cc4oc5ccccc5c4cc32)cc1. The molecule has 0 bridgehead atoms. The topological polar surface area (TPSA) is 69.0 Å². The molecule has 0 saturated carbocycles. The van der Waals surface area contributed by atoms with E-state index in [0.717, 1.165) is 83.0 Å². The Balaban J connectivity index is 0.0000000999. The van der Waals surface area contributed by atoms with E-state index in [1.165, 1.54) is 213 Å². The van der Waals surface area contributed by atoms with Crippen LogP contribution in [0.25, 0.3) is 296 Å². The van der Waals surface area contributed by atoms with Gasteiger partial charge in [-0.05, 0) is 278 Å². The molecule has 684 valence electrons. The zero-order valence-corrected chi connectivity index (χ0v) is 79.4. The van der Waals surface area contributed by atoms with Crippen molar-refractivity contribution in [2.24, 2.45) is 0 Å². The van der Waals surface area contributed by atoms with Crippen molar-refractivity contribution >= 4 is 229 Å². The minimum atomic E-state index is 0.905. The molecule has 9 aromatic heterocycles. The zero-order valence-electron chi connectivity index (χ0n) is 79.4. The molecule has 0 amide bonds. The first kappa shape index (κ1) is 82.0. The summed E-state index contributed by atoms with van der Waals surface area (Å²) in [6.07, 6.45) is 0. The molecule has 24 aromatic carbocycles. The van der Waals surface area contributed by atoms with Gasteiger partial charge in [0.15, 0.2) is 0 Å². The maximum absolute atomic E-state index is 6.38. The van der Waals surface area contributed by atoms with Crippen molar-refractivity contribution in [2.75, 3.05) is 0 Å². The van der Waals surface area contributed by atoms with Crippen molar-refractivity contribution < 1.29 is 13.3 Å². The van der Waals surface area contributed by atoms with Crippen molar-refractivity contribution in [2.45, 2.75) is 0 Å². The molecule has 33 rings (SSSR count). The van der Waals surface area contributed by atoms with Gasteiger partial charge in [-0.25, -0.2) is 0 Å². The van der Waals surface area contributed by atoms with E-state index in [1.54, 1.807) is 0 Å². The standard InChI is InChI=1S/3C46H28N2O/c1-2-12-33(13-3-1)47-43-23-20-32(26-38(43)39-28-46-40(27-44(39)47)36-15-7-9-17-45(36)49-46)31-19-22-42-37(25-31)35-14-6-8-16-41(35)48(42)34-21-18-29-10-4-5-11-30(29)24-34;1-2-12-33(13-3-1)47-43-23-20-32(26-38(43)39-27-40-36-15-7-9-17-45(36)49-46(40)28-44(39)47)31-19-22-42-37(25-31)35-14-6-8-16-41(35)48(42)34-21-18-29-10-4-5-11-30(29)24-34;1-2-12-33(13-3-1)47-41-23-20-32(28-38(41)45-42(47)24-25-44-46(45)36-15-7-9-17-43(36)49-44)31-19-22-40-37(27-31)35-14-6-8-16-39(35)48(40)34-21-18-29-10-4-5-11-30(29)26-34/h3*1-28H. The van der Waals surface area contributed by atoms with Crippen molar-refractivity contribution in [3.8, 4) is 67.5 Å². The van der Waals surface area contributed by atoms with Crippen LogP contribution >= 0.6 is 0 Å². The third kappa shape index (κ3) is 12.9. The highest BCUT2D eigenvalue weighted by atomic mass is 16.3. The molecular formula is C138H84N6O3. The Bertz CT molecular complexity index is 11300. The molecule has 9 nitrogen and oxygen atoms in total. The molecule has 0 aliphatic carbocycles. The number of aromatic nitrogens is 6. The lowest BCUT2D eigenvalue weighted by atomic mass is 9.99. The highest BCUT2D eigenvalue weighted by molar-refractivity contribution is 6.29. The molecule has 0 unspecified atom stereocenters. The number of hydrogen-bond acceptors (Lipinski definition) is 3. The minimum absolute atomic E-state index is 0.905. The van der Waals surface area contributed by atoms with Gasteiger partial charge in [0.1, 0.15) is 33.5 Å². The molecule has 0 radical (unpaired) electrons. The molecule has 0 aliphatic heterocycles. The van der Waals surface area contributed by atoms with E-state index in [0.29, 0.717) is 0 Å². The van der Waals surface area contributed by atoms with Crippen LogP contribution in [-0.4, -0.2) is 27.4 Å². The van der Waals surface area contributed by atoms with Crippen LogP contribution in [0.5, 0.6) is 0 Å². The second-order valence-corrected chi connectivity index (χ2v) is 38.9. The van der Waals surface area contributed by atoms with Crippen LogP contribution in [-0.2, 0) is 0 Å². The van der Waals surface area contributed by atoms with Crippen LogP contribution in [0.1, 0.15) is 0 Å². The molecular weight excluding hydrogens is 1790 g/mol. The van der Waals surface area contributed by atoms with Crippen LogP contribution in [0.4, 0.5) is 0 Å². The molecule has 0 fully saturated rings. The third-order valence-corrected chi connectivity index (χ3v) is 30.8. The average Bonchev–Trinajstić information content (AvgIpc) is 1.56. The normalized spacial score (nSPS) is 12.1. The Labute approximate surface area is 840 Å². The van der Waals surface area contributed by atoms with Crippen molar-refractivity contribution in [1.82, 2.24) is 27.4 Å². The maximum Gasteiger partial charge on any atom is 0.137 e. The van der Waals surface area contributed by atoms with Crippen molar-refractivity contribution in [1.29, 1.82) is 0 Å². The largest absolute Gasteiger partial charge is 0.456 e. The minimum Gasteiger partial charge on any atom is -0.456 e. The second-order valence-electron chi connectivity index (χ2n) is 38.9. The fourth-order valence-electron chi connectivity index (χ4n) is 24.1. The van der Waals surface area contributed by atoms with Gasteiger partial charge in [0.05, 0.1) is 66.2 Å². The summed E-state index contributed by atoms with van der Waals surface area (Å²) >= 11 is 0. The predicted molar refractivity (Wildman–Crippen MR) is 616 cm³/mol. The number of furan rings is 3. The molecule has 0 aliphatic rings. The van der Waals surface area contributed by atoms with E-state index < -0.39 is 0 Å². The van der Waals surface area contributed by atoms with Crippen molar-refractivity contribution in [3.63, 3.8) is 0 Å². The maximum atomic E-state index is 6.38. The second kappa shape index (κ2) is 32.4.